The van der Waals surface area contributed by atoms with Gasteiger partial charge in [-0.15, -0.1) is 0 Å². The summed E-state index contributed by atoms with van der Waals surface area (Å²) in [6.07, 6.45) is 0.799. The Bertz CT molecular complexity index is 1170. The Morgan fingerprint density at radius 3 is 2.53 bits per heavy atom. The summed E-state index contributed by atoms with van der Waals surface area (Å²) in [7, 11) is -3.46. The van der Waals surface area contributed by atoms with E-state index in [2.05, 4.69) is 4.72 Å². The average Bonchev–Trinajstić information content (AvgIpc) is 3.15. The highest BCUT2D eigenvalue weighted by atomic mass is 32.2. The van der Waals surface area contributed by atoms with Crippen molar-refractivity contribution in [1.82, 2.24) is 4.72 Å². The average molecular weight is 421 g/mol. The lowest BCUT2D eigenvalue weighted by molar-refractivity contribution is 0.0989. The first-order valence-electron chi connectivity index (χ1n) is 9.93. The van der Waals surface area contributed by atoms with Crippen LogP contribution in [-0.2, 0) is 28.7 Å². The van der Waals surface area contributed by atoms with Crippen LogP contribution in [0.4, 0.5) is 5.69 Å². The summed E-state index contributed by atoms with van der Waals surface area (Å²) < 4.78 is 27.5. The fourth-order valence-corrected chi connectivity index (χ4v) is 4.84. The quantitative estimate of drug-likeness (QED) is 0.659. The van der Waals surface area contributed by atoms with Crippen LogP contribution in [0, 0.1) is 6.92 Å². The molecular weight excluding hydrogens is 396 g/mol. The first kappa shape index (κ1) is 20.3. The third-order valence-corrected chi connectivity index (χ3v) is 6.55. The second-order valence-electron chi connectivity index (χ2n) is 7.61. The number of aryl methyl sites for hydroxylation is 1. The number of hydrogen-bond acceptors (Lipinski definition) is 3. The molecule has 0 aromatic heterocycles. The van der Waals surface area contributed by atoms with E-state index < -0.39 is 10.0 Å². The van der Waals surface area contributed by atoms with Crippen LogP contribution in [0.15, 0.2) is 72.8 Å². The van der Waals surface area contributed by atoms with Gasteiger partial charge in [-0.25, -0.2) is 13.1 Å². The minimum atomic E-state index is -3.46. The molecule has 6 heteroatoms. The van der Waals surface area contributed by atoms with Crippen molar-refractivity contribution >= 4 is 21.6 Å². The van der Waals surface area contributed by atoms with E-state index in [4.69, 9.17) is 0 Å². The van der Waals surface area contributed by atoms with Crippen molar-refractivity contribution in [3.8, 4) is 0 Å². The number of fused-ring (bicyclic) bond motifs is 1. The summed E-state index contributed by atoms with van der Waals surface area (Å²) in [5, 5.41) is 0. The number of carbonyl (C=O) groups excluding carboxylic acids is 1. The van der Waals surface area contributed by atoms with Crippen molar-refractivity contribution < 1.29 is 13.2 Å². The van der Waals surface area contributed by atoms with Gasteiger partial charge in [-0.3, -0.25) is 4.79 Å². The normalized spacial score (nSPS) is 13.3. The molecule has 0 fully saturated rings. The molecule has 1 heterocycles. The smallest absolute Gasteiger partial charge is 0.258 e. The van der Waals surface area contributed by atoms with Gasteiger partial charge in [-0.1, -0.05) is 60.2 Å². The molecule has 1 aliphatic heterocycles. The summed E-state index contributed by atoms with van der Waals surface area (Å²) in [4.78, 5) is 14.8. The zero-order valence-electron chi connectivity index (χ0n) is 16.8. The van der Waals surface area contributed by atoms with Crippen molar-refractivity contribution in [2.45, 2.75) is 25.6 Å². The highest BCUT2D eigenvalue weighted by Crippen LogP contribution is 2.30. The van der Waals surface area contributed by atoms with Crippen LogP contribution >= 0.6 is 0 Å². The van der Waals surface area contributed by atoms with Crippen molar-refractivity contribution in [2.24, 2.45) is 0 Å². The molecule has 3 aromatic carbocycles. The summed E-state index contributed by atoms with van der Waals surface area (Å²) in [5.41, 5.74) is 5.25. The fraction of sp³-hybridized carbons (Fsp3) is 0.208. The van der Waals surface area contributed by atoms with Crippen molar-refractivity contribution in [3.63, 3.8) is 0 Å². The van der Waals surface area contributed by atoms with Gasteiger partial charge in [0, 0.05) is 24.3 Å². The Morgan fingerprint density at radius 1 is 0.967 bits per heavy atom. The molecule has 1 N–H and O–H groups in total. The van der Waals surface area contributed by atoms with E-state index in [1.165, 1.54) is 0 Å². The van der Waals surface area contributed by atoms with E-state index in [1.807, 2.05) is 67.6 Å². The van der Waals surface area contributed by atoms with Crippen LogP contribution in [-0.4, -0.2) is 20.9 Å². The molecule has 0 radical (unpaired) electrons. The fourth-order valence-electron chi connectivity index (χ4n) is 3.72. The maximum absolute atomic E-state index is 13.0. The number of nitrogens with zero attached hydrogens (tertiary/aromatic N) is 1. The van der Waals surface area contributed by atoms with E-state index in [9.17, 15) is 13.2 Å². The lowest BCUT2D eigenvalue weighted by Crippen LogP contribution is -2.29. The van der Waals surface area contributed by atoms with Gasteiger partial charge in [0.15, 0.2) is 0 Å². The molecule has 0 atom stereocenters. The van der Waals surface area contributed by atoms with Crippen LogP contribution in [0.25, 0.3) is 0 Å². The standard InChI is InChI=1S/C24H24N2O3S/c1-18-6-5-9-22(14-18)24(27)26-13-12-21-11-10-20(15-23(21)26)16-25-30(28,29)17-19-7-3-2-4-8-19/h2-11,14-15,25H,12-13,16-17H2,1H3. The third kappa shape index (κ3) is 4.61. The molecule has 3 aromatic rings. The van der Waals surface area contributed by atoms with Crippen molar-refractivity contribution in [3.05, 3.63) is 101 Å². The van der Waals surface area contributed by atoms with Crippen LogP contribution in [0.3, 0.4) is 0 Å². The molecule has 5 nitrogen and oxygen atoms in total. The second-order valence-corrected chi connectivity index (χ2v) is 9.41. The SMILES string of the molecule is Cc1cccc(C(=O)N2CCc3ccc(CNS(=O)(=O)Cc4ccccc4)cc32)c1. The topological polar surface area (TPSA) is 66.5 Å². The van der Waals surface area contributed by atoms with Gasteiger partial charge in [0.25, 0.3) is 5.91 Å². The van der Waals surface area contributed by atoms with Crippen LogP contribution in [0.5, 0.6) is 0 Å². The first-order valence-corrected chi connectivity index (χ1v) is 11.6. The van der Waals surface area contributed by atoms with Crippen LogP contribution in [0.1, 0.15) is 32.6 Å². The molecule has 30 heavy (non-hydrogen) atoms. The highest BCUT2D eigenvalue weighted by Gasteiger charge is 2.26. The zero-order valence-corrected chi connectivity index (χ0v) is 17.7. The van der Waals surface area contributed by atoms with E-state index in [0.717, 1.165) is 34.4 Å². The number of benzene rings is 3. The maximum Gasteiger partial charge on any atom is 0.258 e. The van der Waals surface area contributed by atoms with Gasteiger partial charge in [-0.05, 0) is 48.2 Å². The second kappa shape index (κ2) is 8.42. The molecule has 1 amide bonds. The Kier molecular flexibility index (Phi) is 5.70. The lowest BCUT2D eigenvalue weighted by atomic mass is 10.1. The number of anilines is 1. The van der Waals surface area contributed by atoms with Gasteiger partial charge in [0.2, 0.25) is 10.0 Å². The minimum Gasteiger partial charge on any atom is -0.308 e. The molecule has 0 unspecified atom stereocenters. The van der Waals surface area contributed by atoms with Gasteiger partial charge < -0.3 is 4.90 Å². The Labute approximate surface area is 177 Å². The molecule has 4 rings (SSSR count). The van der Waals surface area contributed by atoms with Crippen LogP contribution < -0.4 is 9.62 Å². The lowest BCUT2D eigenvalue weighted by Gasteiger charge is -2.18. The van der Waals surface area contributed by atoms with E-state index >= 15 is 0 Å². The predicted molar refractivity (Wildman–Crippen MR) is 119 cm³/mol. The molecule has 0 aliphatic carbocycles. The molecule has 0 spiro atoms. The van der Waals surface area contributed by atoms with Gasteiger partial charge in [-0.2, -0.15) is 0 Å². The highest BCUT2D eigenvalue weighted by molar-refractivity contribution is 7.88. The number of nitrogens with one attached hydrogen (secondary N) is 1. The van der Waals surface area contributed by atoms with E-state index in [-0.39, 0.29) is 18.2 Å². The Morgan fingerprint density at radius 2 is 1.77 bits per heavy atom. The van der Waals surface area contributed by atoms with Gasteiger partial charge in [0.1, 0.15) is 0 Å². The number of carbonyl (C=O) groups is 1. The third-order valence-electron chi connectivity index (χ3n) is 5.25. The molecule has 0 bridgehead atoms. The largest absolute Gasteiger partial charge is 0.308 e. The number of rotatable bonds is 6. The van der Waals surface area contributed by atoms with E-state index in [1.54, 1.807) is 17.0 Å². The summed E-state index contributed by atoms with van der Waals surface area (Å²) in [6, 6.07) is 22.5. The number of amides is 1. The van der Waals surface area contributed by atoms with Gasteiger partial charge >= 0.3 is 0 Å². The molecule has 154 valence electrons. The zero-order chi connectivity index (χ0) is 21.1. The number of sulfonamides is 1. The molecule has 0 saturated heterocycles. The molecular formula is C24H24N2O3S. The predicted octanol–water partition coefficient (Wildman–Crippen LogP) is 3.82. The van der Waals surface area contributed by atoms with E-state index in [0.29, 0.717) is 12.1 Å². The maximum atomic E-state index is 13.0. The van der Waals surface area contributed by atoms with Crippen molar-refractivity contribution in [2.75, 3.05) is 11.4 Å². The van der Waals surface area contributed by atoms with Crippen LogP contribution in [0.2, 0.25) is 0 Å². The Hall–Kier alpha value is -2.96. The van der Waals surface area contributed by atoms with Gasteiger partial charge in [0.05, 0.1) is 5.75 Å². The Balaban J connectivity index is 1.48. The van der Waals surface area contributed by atoms with Crippen molar-refractivity contribution in [1.29, 1.82) is 0 Å². The first-order chi connectivity index (χ1) is 14.4. The monoisotopic (exact) mass is 420 g/mol. The summed E-state index contributed by atoms with van der Waals surface area (Å²) in [6.45, 7) is 2.79. The summed E-state index contributed by atoms with van der Waals surface area (Å²) in [5.74, 6) is -0.0872. The molecule has 1 aliphatic rings. The molecule has 0 saturated carbocycles. The summed E-state index contributed by atoms with van der Waals surface area (Å²) >= 11 is 0. The minimum absolute atomic E-state index is 0.0285. The number of hydrogen-bond donors (Lipinski definition) is 1.